The van der Waals surface area contributed by atoms with Crippen molar-refractivity contribution in [1.29, 1.82) is 0 Å². The van der Waals surface area contributed by atoms with E-state index in [0.29, 0.717) is 5.41 Å². The van der Waals surface area contributed by atoms with Crippen LogP contribution >= 0.6 is 0 Å². The predicted octanol–water partition coefficient (Wildman–Crippen LogP) is 3.72. The van der Waals surface area contributed by atoms with Crippen molar-refractivity contribution in [3.8, 4) is 0 Å². The van der Waals surface area contributed by atoms with Crippen LogP contribution in [0, 0.1) is 11.3 Å². The van der Waals surface area contributed by atoms with Crippen molar-refractivity contribution in [1.82, 2.24) is 0 Å². The van der Waals surface area contributed by atoms with Crippen molar-refractivity contribution >= 4 is 0 Å². The molecule has 1 saturated carbocycles. The van der Waals surface area contributed by atoms with Gasteiger partial charge in [-0.1, -0.05) is 47.0 Å². The third-order valence-electron chi connectivity index (χ3n) is 4.18. The van der Waals surface area contributed by atoms with E-state index in [1.165, 1.54) is 38.5 Å². The molecule has 0 aromatic carbocycles. The normalized spacial score (nSPS) is 31.3. The highest BCUT2D eigenvalue weighted by atomic mass is 14.8. The van der Waals surface area contributed by atoms with Crippen LogP contribution in [-0.2, 0) is 0 Å². The van der Waals surface area contributed by atoms with Gasteiger partial charge in [0.1, 0.15) is 0 Å². The lowest BCUT2D eigenvalue weighted by atomic mass is 9.72. The highest BCUT2D eigenvalue weighted by Crippen LogP contribution is 2.46. The standard InChI is InChI=1S/C13H27N/c1-11(2)7-5-9-13(14)10-6-8-12(13,3)4/h11H,5-10,14H2,1-4H3. The third-order valence-corrected chi connectivity index (χ3v) is 4.18. The van der Waals surface area contributed by atoms with Gasteiger partial charge in [-0.2, -0.15) is 0 Å². The van der Waals surface area contributed by atoms with Crippen LogP contribution < -0.4 is 5.73 Å². The van der Waals surface area contributed by atoms with Crippen molar-refractivity contribution < 1.29 is 0 Å². The van der Waals surface area contributed by atoms with E-state index in [-0.39, 0.29) is 5.54 Å². The molecule has 1 aliphatic carbocycles. The topological polar surface area (TPSA) is 26.0 Å². The van der Waals surface area contributed by atoms with E-state index in [0.717, 1.165) is 5.92 Å². The summed E-state index contributed by atoms with van der Waals surface area (Å²) in [7, 11) is 0. The first kappa shape index (κ1) is 12.0. The predicted molar refractivity (Wildman–Crippen MR) is 63.2 cm³/mol. The molecular weight excluding hydrogens is 170 g/mol. The van der Waals surface area contributed by atoms with Crippen LogP contribution in [0.1, 0.15) is 66.2 Å². The summed E-state index contributed by atoms with van der Waals surface area (Å²) < 4.78 is 0. The molecule has 1 heteroatoms. The van der Waals surface area contributed by atoms with Crippen molar-refractivity contribution in [2.45, 2.75) is 71.8 Å². The molecule has 0 aromatic heterocycles. The minimum Gasteiger partial charge on any atom is -0.325 e. The summed E-state index contributed by atoms with van der Waals surface area (Å²) >= 11 is 0. The SMILES string of the molecule is CC(C)CCCC1(N)CCCC1(C)C. The van der Waals surface area contributed by atoms with Gasteiger partial charge < -0.3 is 5.73 Å². The van der Waals surface area contributed by atoms with Gasteiger partial charge in [0, 0.05) is 5.54 Å². The molecular formula is C13H27N. The van der Waals surface area contributed by atoms with Crippen LogP contribution in [0.4, 0.5) is 0 Å². The first-order valence-electron chi connectivity index (χ1n) is 6.16. The Hall–Kier alpha value is -0.0400. The highest BCUT2D eigenvalue weighted by molar-refractivity contribution is 5.02. The summed E-state index contributed by atoms with van der Waals surface area (Å²) in [5.41, 5.74) is 7.02. The minimum atomic E-state index is 0.127. The Morgan fingerprint density at radius 1 is 1.21 bits per heavy atom. The molecule has 0 heterocycles. The Balaban J connectivity index is 2.42. The fraction of sp³-hybridized carbons (Fsp3) is 1.00. The van der Waals surface area contributed by atoms with E-state index in [2.05, 4.69) is 27.7 Å². The largest absolute Gasteiger partial charge is 0.325 e. The van der Waals surface area contributed by atoms with Gasteiger partial charge in [-0.3, -0.25) is 0 Å². The summed E-state index contributed by atoms with van der Waals surface area (Å²) in [6, 6.07) is 0. The lowest BCUT2D eigenvalue weighted by Crippen LogP contribution is -2.48. The lowest BCUT2D eigenvalue weighted by molar-refractivity contribution is 0.188. The molecule has 0 bridgehead atoms. The molecule has 1 aliphatic rings. The first-order valence-corrected chi connectivity index (χ1v) is 6.16. The van der Waals surface area contributed by atoms with Gasteiger partial charge >= 0.3 is 0 Å². The molecule has 84 valence electrons. The number of hydrogen-bond acceptors (Lipinski definition) is 1. The summed E-state index contributed by atoms with van der Waals surface area (Å²) in [4.78, 5) is 0. The molecule has 0 spiro atoms. The Morgan fingerprint density at radius 3 is 2.29 bits per heavy atom. The second-order valence-electron chi connectivity index (χ2n) is 6.18. The van der Waals surface area contributed by atoms with Gasteiger partial charge in [0.05, 0.1) is 0 Å². The van der Waals surface area contributed by atoms with Gasteiger partial charge in [-0.15, -0.1) is 0 Å². The summed E-state index contributed by atoms with van der Waals surface area (Å²) in [5, 5.41) is 0. The van der Waals surface area contributed by atoms with Gasteiger partial charge in [0.2, 0.25) is 0 Å². The Labute approximate surface area is 89.5 Å². The van der Waals surface area contributed by atoms with Crippen LogP contribution in [0.25, 0.3) is 0 Å². The molecule has 0 saturated heterocycles. The van der Waals surface area contributed by atoms with Gasteiger partial charge in [-0.05, 0) is 30.6 Å². The van der Waals surface area contributed by atoms with Crippen molar-refractivity contribution in [2.75, 3.05) is 0 Å². The minimum absolute atomic E-state index is 0.127. The second-order valence-corrected chi connectivity index (χ2v) is 6.18. The summed E-state index contributed by atoms with van der Waals surface area (Å²) in [5.74, 6) is 0.822. The van der Waals surface area contributed by atoms with Crippen LogP contribution in [0.5, 0.6) is 0 Å². The average Bonchev–Trinajstić information content (AvgIpc) is 2.26. The number of nitrogens with two attached hydrogens (primary N) is 1. The molecule has 1 rings (SSSR count). The maximum atomic E-state index is 6.52. The average molecular weight is 197 g/mol. The molecule has 0 amide bonds. The zero-order valence-electron chi connectivity index (χ0n) is 10.4. The number of hydrogen-bond donors (Lipinski definition) is 1. The second kappa shape index (κ2) is 4.22. The zero-order valence-corrected chi connectivity index (χ0v) is 10.4. The molecule has 1 fully saturated rings. The fourth-order valence-corrected chi connectivity index (χ4v) is 2.72. The molecule has 1 unspecified atom stereocenters. The smallest absolute Gasteiger partial charge is 0.0206 e. The van der Waals surface area contributed by atoms with Gasteiger partial charge in [-0.25, -0.2) is 0 Å². The van der Waals surface area contributed by atoms with Gasteiger partial charge in [0.25, 0.3) is 0 Å². The van der Waals surface area contributed by atoms with Crippen LogP contribution in [0.15, 0.2) is 0 Å². The Kier molecular flexibility index (Phi) is 3.63. The highest BCUT2D eigenvalue weighted by Gasteiger charge is 2.44. The summed E-state index contributed by atoms with van der Waals surface area (Å²) in [6.45, 7) is 9.27. The Bertz CT molecular complexity index is 184. The fourth-order valence-electron chi connectivity index (χ4n) is 2.72. The van der Waals surface area contributed by atoms with Gasteiger partial charge in [0.15, 0.2) is 0 Å². The van der Waals surface area contributed by atoms with E-state index < -0.39 is 0 Å². The van der Waals surface area contributed by atoms with E-state index in [9.17, 15) is 0 Å². The molecule has 2 N–H and O–H groups in total. The van der Waals surface area contributed by atoms with Crippen LogP contribution in [0.3, 0.4) is 0 Å². The maximum absolute atomic E-state index is 6.52. The monoisotopic (exact) mass is 197 g/mol. The van der Waals surface area contributed by atoms with E-state index in [1.807, 2.05) is 0 Å². The molecule has 1 nitrogen and oxygen atoms in total. The Morgan fingerprint density at radius 2 is 1.86 bits per heavy atom. The van der Waals surface area contributed by atoms with E-state index >= 15 is 0 Å². The maximum Gasteiger partial charge on any atom is 0.0206 e. The van der Waals surface area contributed by atoms with E-state index in [1.54, 1.807) is 0 Å². The molecule has 0 radical (unpaired) electrons. The molecule has 1 atom stereocenters. The van der Waals surface area contributed by atoms with Crippen molar-refractivity contribution in [3.63, 3.8) is 0 Å². The molecule has 0 aliphatic heterocycles. The molecule has 14 heavy (non-hydrogen) atoms. The van der Waals surface area contributed by atoms with Crippen molar-refractivity contribution in [2.24, 2.45) is 17.1 Å². The van der Waals surface area contributed by atoms with Crippen LogP contribution in [-0.4, -0.2) is 5.54 Å². The first-order chi connectivity index (χ1) is 6.37. The lowest BCUT2D eigenvalue weighted by Gasteiger charge is -2.38. The zero-order chi connectivity index (χ0) is 10.8. The summed E-state index contributed by atoms with van der Waals surface area (Å²) in [6.07, 6.45) is 7.72. The van der Waals surface area contributed by atoms with E-state index in [4.69, 9.17) is 5.73 Å². The van der Waals surface area contributed by atoms with Crippen LogP contribution in [0.2, 0.25) is 0 Å². The quantitative estimate of drug-likeness (QED) is 0.730. The third kappa shape index (κ3) is 2.50. The molecule has 0 aromatic rings. The number of rotatable bonds is 4. The van der Waals surface area contributed by atoms with Crippen molar-refractivity contribution in [3.05, 3.63) is 0 Å².